The third-order valence-electron chi connectivity index (χ3n) is 4.36. The maximum Gasteiger partial charge on any atom is 0.227 e. The molecule has 2 aromatic heterocycles. The van der Waals surface area contributed by atoms with Crippen molar-refractivity contribution in [3.05, 3.63) is 54.0 Å². The summed E-state index contributed by atoms with van der Waals surface area (Å²) in [6.45, 7) is 0.754. The maximum absolute atomic E-state index is 12.5. The zero-order valence-corrected chi connectivity index (χ0v) is 13.8. The number of hydrogen-bond acceptors (Lipinski definition) is 5. The first-order chi connectivity index (χ1) is 12.2. The minimum atomic E-state index is -0.212. The maximum atomic E-state index is 12.5. The van der Waals surface area contributed by atoms with Crippen LogP contribution < -0.4 is 14.8 Å². The van der Waals surface area contributed by atoms with Gasteiger partial charge < -0.3 is 14.8 Å². The molecule has 0 bridgehead atoms. The van der Waals surface area contributed by atoms with Crippen LogP contribution in [-0.4, -0.2) is 34.2 Å². The van der Waals surface area contributed by atoms with Crippen molar-refractivity contribution in [2.75, 3.05) is 13.7 Å². The fraction of sp³-hybridized carbons (Fsp3) is 0.278. The van der Waals surface area contributed by atoms with Gasteiger partial charge >= 0.3 is 0 Å². The van der Waals surface area contributed by atoms with Crippen LogP contribution in [0.5, 0.6) is 11.5 Å². The van der Waals surface area contributed by atoms with Gasteiger partial charge in [-0.1, -0.05) is 6.07 Å². The van der Waals surface area contributed by atoms with Crippen LogP contribution >= 0.6 is 0 Å². The van der Waals surface area contributed by atoms with E-state index in [1.807, 2.05) is 30.5 Å². The molecule has 4 rings (SSSR count). The highest BCUT2D eigenvalue weighted by molar-refractivity contribution is 5.79. The molecule has 0 radical (unpaired) electrons. The van der Waals surface area contributed by atoms with Gasteiger partial charge in [0.25, 0.3) is 0 Å². The summed E-state index contributed by atoms with van der Waals surface area (Å²) in [7, 11) is 1.62. The van der Waals surface area contributed by atoms with Crippen molar-refractivity contribution in [2.24, 2.45) is 5.92 Å². The summed E-state index contributed by atoms with van der Waals surface area (Å²) in [4.78, 5) is 16.8. The van der Waals surface area contributed by atoms with E-state index >= 15 is 0 Å². The lowest BCUT2D eigenvalue weighted by atomic mass is 9.96. The van der Waals surface area contributed by atoms with Crippen LogP contribution in [0.1, 0.15) is 11.1 Å². The molecular weight excluding hydrogens is 320 g/mol. The molecule has 1 atom stereocenters. The van der Waals surface area contributed by atoms with Crippen LogP contribution in [0.4, 0.5) is 0 Å². The molecule has 1 N–H and O–H groups in total. The van der Waals surface area contributed by atoms with Gasteiger partial charge in [0, 0.05) is 30.6 Å². The molecule has 7 nitrogen and oxygen atoms in total. The fourth-order valence-electron chi connectivity index (χ4n) is 2.98. The van der Waals surface area contributed by atoms with E-state index in [0.29, 0.717) is 19.6 Å². The van der Waals surface area contributed by atoms with Gasteiger partial charge in [-0.15, -0.1) is 0 Å². The Kier molecular flexibility index (Phi) is 3.97. The largest absolute Gasteiger partial charge is 0.497 e. The average molecular weight is 338 g/mol. The summed E-state index contributed by atoms with van der Waals surface area (Å²) in [5, 5.41) is 7.18. The number of hydrogen-bond donors (Lipinski definition) is 1. The van der Waals surface area contributed by atoms with E-state index in [2.05, 4.69) is 15.4 Å². The predicted molar refractivity (Wildman–Crippen MR) is 90.5 cm³/mol. The Labute approximate surface area is 144 Å². The summed E-state index contributed by atoms with van der Waals surface area (Å²) in [6.07, 6.45) is 5.91. The number of aromatic nitrogens is 3. The van der Waals surface area contributed by atoms with Crippen molar-refractivity contribution in [1.82, 2.24) is 19.9 Å². The first-order valence-corrected chi connectivity index (χ1v) is 8.09. The standard InChI is InChI=1S/C18H18N4O3/c1-24-15-4-3-12-7-13(11-25-16(12)8-15)18(23)20-9-14-10-21-22-6-2-5-19-17(14)22/h2-6,8,10,13H,7,9,11H2,1H3,(H,20,23). The number of nitrogens with zero attached hydrogens (tertiary/aromatic N) is 3. The molecular formula is C18H18N4O3. The van der Waals surface area contributed by atoms with Crippen molar-refractivity contribution < 1.29 is 14.3 Å². The predicted octanol–water partition coefficient (Wildman–Crippen LogP) is 1.61. The monoisotopic (exact) mass is 338 g/mol. The van der Waals surface area contributed by atoms with E-state index in [-0.39, 0.29) is 11.8 Å². The van der Waals surface area contributed by atoms with Gasteiger partial charge in [-0.05, 0) is 24.1 Å². The van der Waals surface area contributed by atoms with Crippen LogP contribution in [0.3, 0.4) is 0 Å². The van der Waals surface area contributed by atoms with E-state index in [1.54, 1.807) is 24.0 Å². The lowest BCUT2D eigenvalue weighted by molar-refractivity contribution is -0.126. The molecule has 0 saturated carbocycles. The number of ether oxygens (including phenoxy) is 2. The highest BCUT2D eigenvalue weighted by Gasteiger charge is 2.26. The van der Waals surface area contributed by atoms with Crippen molar-refractivity contribution in [3.63, 3.8) is 0 Å². The second-order valence-corrected chi connectivity index (χ2v) is 5.96. The number of fused-ring (bicyclic) bond motifs is 2. The molecule has 1 aliphatic rings. The van der Waals surface area contributed by atoms with Crippen LogP contribution in [0, 0.1) is 5.92 Å². The number of amides is 1. The van der Waals surface area contributed by atoms with Crippen molar-refractivity contribution >= 4 is 11.6 Å². The Balaban J connectivity index is 1.41. The van der Waals surface area contributed by atoms with Crippen LogP contribution in [-0.2, 0) is 17.8 Å². The molecule has 1 aromatic carbocycles. The molecule has 3 heterocycles. The van der Waals surface area contributed by atoms with E-state index in [0.717, 1.165) is 28.3 Å². The van der Waals surface area contributed by atoms with Gasteiger partial charge in [0.05, 0.1) is 19.2 Å². The fourth-order valence-corrected chi connectivity index (χ4v) is 2.98. The van der Waals surface area contributed by atoms with Gasteiger partial charge in [-0.3, -0.25) is 4.79 Å². The van der Waals surface area contributed by atoms with E-state index in [1.165, 1.54) is 0 Å². The number of carbonyl (C=O) groups is 1. The first kappa shape index (κ1) is 15.4. The quantitative estimate of drug-likeness (QED) is 0.782. The van der Waals surface area contributed by atoms with Gasteiger partial charge in [0.15, 0.2) is 5.65 Å². The van der Waals surface area contributed by atoms with Gasteiger partial charge in [-0.25, -0.2) is 9.50 Å². The number of carbonyl (C=O) groups excluding carboxylic acids is 1. The highest BCUT2D eigenvalue weighted by Crippen LogP contribution is 2.31. The molecule has 128 valence electrons. The lowest BCUT2D eigenvalue weighted by Crippen LogP contribution is -2.37. The van der Waals surface area contributed by atoms with Crippen molar-refractivity contribution in [1.29, 1.82) is 0 Å². The van der Waals surface area contributed by atoms with Gasteiger partial charge in [0.2, 0.25) is 5.91 Å². The highest BCUT2D eigenvalue weighted by atomic mass is 16.5. The lowest BCUT2D eigenvalue weighted by Gasteiger charge is -2.25. The second kappa shape index (κ2) is 6.43. The summed E-state index contributed by atoms with van der Waals surface area (Å²) in [5.74, 6) is 1.30. The minimum absolute atomic E-state index is 0.0308. The summed E-state index contributed by atoms with van der Waals surface area (Å²) < 4.78 is 12.6. The third kappa shape index (κ3) is 3.00. The molecule has 0 aliphatic carbocycles. The number of nitrogens with one attached hydrogen (secondary N) is 1. The Hall–Kier alpha value is -3.09. The number of benzene rings is 1. The van der Waals surface area contributed by atoms with E-state index < -0.39 is 0 Å². The first-order valence-electron chi connectivity index (χ1n) is 8.09. The summed E-state index contributed by atoms with van der Waals surface area (Å²) >= 11 is 0. The summed E-state index contributed by atoms with van der Waals surface area (Å²) in [6, 6.07) is 7.50. The van der Waals surface area contributed by atoms with Crippen LogP contribution in [0.15, 0.2) is 42.9 Å². The molecule has 0 saturated heterocycles. The molecule has 25 heavy (non-hydrogen) atoms. The van der Waals surface area contributed by atoms with Crippen LogP contribution in [0.25, 0.3) is 5.65 Å². The molecule has 1 amide bonds. The summed E-state index contributed by atoms with van der Waals surface area (Å²) in [5.41, 5.74) is 2.65. The smallest absolute Gasteiger partial charge is 0.227 e. The molecule has 1 unspecified atom stereocenters. The molecule has 1 aliphatic heterocycles. The number of methoxy groups -OCH3 is 1. The molecule has 0 fully saturated rings. The molecule has 7 heteroatoms. The molecule has 3 aromatic rings. The second-order valence-electron chi connectivity index (χ2n) is 5.96. The minimum Gasteiger partial charge on any atom is -0.497 e. The Morgan fingerprint density at radius 2 is 2.40 bits per heavy atom. The zero-order valence-electron chi connectivity index (χ0n) is 13.8. The number of rotatable bonds is 4. The normalized spacial score (nSPS) is 16.1. The van der Waals surface area contributed by atoms with Crippen molar-refractivity contribution in [2.45, 2.75) is 13.0 Å². The van der Waals surface area contributed by atoms with E-state index in [4.69, 9.17) is 9.47 Å². The van der Waals surface area contributed by atoms with Gasteiger partial charge in [0.1, 0.15) is 18.1 Å². The Bertz CT molecular complexity index is 922. The van der Waals surface area contributed by atoms with Gasteiger partial charge in [-0.2, -0.15) is 5.10 Å². The molecule has 0 spiro atoms. The van der Waals surface area contributed by atoms with Crippen LogP contribution in [0.2, 0.25) is 0 Å². The topological polar surface area (TPSA) is 77.8 Å². The SMILES string of the molecule is COc1ccc2c(c1)OCC(C(=O)NCc1cnn3cccnc13)C2. The Morgan fingerprint density at radius 3 is 3.28 bits per heavy atom. The zero-order chi connectivity index (χ0) is 17.2. The van der Waals surface area contributed by atoms with Crippen molar-refractivity contribution in [3.8, 4) is 11.5 Å². The average Bonchev–Trinajstić information content (AvgIpc) is 3.08. The van der Waals surface area contributed by atoms with E-state index in [9.17, 15) is 4.79 Å². The third-order valence-corrected chi connectivity index (χ3v) is 4.36. The Morgan fingerprint density at radius 1 is 1.48 bits per heavy atom.